The summed E-state index contributed by atoms with van der Waals surface area (Å²) >= 11 is 3.49. The molecule has 4 heteroatoms. The smallest absolute Gasteiger partial charge is 0.130 e. The highest BCUT2D eigenvalue weighted by Crippen LogP contribution is 2.29. The van der Waals surface area contributed by atoms with Crippen molar-refractivity contribution in [1.29, 1.82) is 0 Å². The molecule has 2 rings (SSSR count). The van der Waals surface area contributed by atoms with Crippen LogP contribution in [0, 0.1) is 6.92 Å². The molecule has 1 N–H and O–H groups in total. The van der Waals surface area contributed by atoms with Gasteiger partial charge in [0.25, 0.3) is 0 Å². The van der Waals surface area contributed by atoms with Crippen molar-refractivity contribution in [1.82, 2.24) is 10.3 Å². The Balaban J connectivity index is 2.18. The summed E-state index contributed by atoms with van der Waals surface area (Å²) < 4.78 is 6.96. The number of rotatable bonds is 5. The Kier molecular flexibility index (Phi) is 5.15. The second kappa shape index (κ2) is 6.86. The summed E-state index contributed by atoms with van der Waals surface area (Å²) in [5.41, 5.74) is 3.08. The Hall–Kier alpha value is -1.39. The van der Waals surface area contributed by atoms with Gasteiger partial charge < -0.3 is 10.1 Å². The molecule has 1 aromatic heterocycles. The molecule has 0 aliphatic rings. The number of hydrogen-bond acceptors (Lipinski definition) is 3. The van der Waals surface area contributed by atoms with Crippen LogP contribution < -0.4 is 10.1 Å². The molecule has 1 aromatic carbocycles. The maximum atomic E-state index is 5.95. The largest absolute Gasteiger partial charge is 0.487 e. The SMILES string of the molecule is CNC(C)c1ccc(Br)cc1OCc1cccc(C)n1. The molecule has 106 valence electrons. The topological polar surface area (TPSA) is 34.1 Å². The van der Waals surface area contributed by atoms with Crippen molar-refractivity contribution in [3.05, 3.63) is 57.8 Å². The first kappa shape index (κ1) is 15.0. The van der Waals surface area contributed by atoms with E-state index in [9.17, 15) is 0 Å². The quantitative estimate of drug-likeness (QED) is 0.896. The zero-order valence-corrected chi connectivity index (χ0v) is 13.6. The summed E-state index contributed by atoms with van der Waals surface area (Å²) in [6.07, 6.45) is 0. The number of hydrogen-bond donors (Lipinski definition) is 1. The molecule has 0 bridgehead atoms. The van der Waals surface area contributed by atoms with E-state index in [0.717, 1.165) is 27.2 Å². The Morgan fingerprint density at radius 2 is 2.10 bits per heavy atom. The lowest BCUT2D eigenvalue weighted by Crippen LogP contribution is -2.14. The fraction of sp³-hybridized carbons (Fsp3) is 0.312. The molecule has 20 heavy (non-hydrogen) atoms. The van der Waals surface area contributed by atoms with Crippen molar-refractivity contribution in [3.63, 3.8) is 0 Å². The van der Waals surface area contributed by atoms with Crippen molar-refractivity contribution in [2.75, 3.05) is 7.05 Å². The molecule has 0 radical (unpaired) electrons. The summed E-state index contributed by atoms with van der Waals surface area (Å²) in [7, 11) is 1.94. The van der Waals surface area contributed by atoms with Gasteiger partial charge in [0.1, 0.15) is 12.4 Å². The van der Waals surface area contributed by atoms with E-state index in [1.807, 2.05) is 44.3 Å². The third kappa shape index (κ3) is 3.81. The Bertz CT molecular complexity index is 586. The molecule has 1 heterocycles. The second-order valence-electron chi connectivity index (χ2n) is 4.75. The lowest BCUT2D eigenvalue weighted by Gasteiger charge is -2.17. The van der Waals surface area contributed by atoms with Crippen LogP contribution in [0.25, 0.3) is 0 Å². The van der Waals surface area contributed by atoms with Crippen molar-refractivity contribution in [2.45, 2.75) is 26.5 Å². The number of benzene rings is 1. The molecule has 0 aliphatic carbocycles. The first-order valence-corrected chi connectivity index (χ1v) is 7.41. The average Bonchev–Trinajstić information content (AvgIpc) is 2.44. The van der Waals surface area contributed by atoms with Gasteiger partial charge in [-0.3, -0.25) is 4.98 Å². The lowest BCUT2D eigenvalue weighted by molar-refractivity contribution is 0.295. The van der Waals surface area contributed by atoms with Crippen LogP contribution in [0.1, 0.15) is 29.9 Å². The molecule has 0 saturated heterocycles. The molecule has 1 unspecified atom stereocenters. The third-order valence-corrected chi connectivity index (χ3v) is 3.69. The molecule has 1 atom stereocenters. The van der Waals surface area contributed by atoms with E-state index in [4.69, 9.17) is 4.74 Å². The van der Waals surface area contributed by atoms with Gasteiger partial charge in [-0.25, -0.2) is 0 Å². The molecule has 0 amide bonds. The minimum atomic E-state index is 0.239. The molecule has 2 aromatic rings. The molecular weight excluding hydrogens is 316 g/mol. The summed E-state index contributed by atoms with van der Waals surface area (Å²) in [6.45, 7) is 4.57. The fourth-order valence-electron chi connectivity index (χ4n) is 1.98. The zero-order chi connectivity index (χ0) is 14.5. The van der Waals surface area contributed by atoms with Gasteiger partial charge in [0.05, 0.1) is 5.69 Å². The van der Waals surface area contributed by atoms with Gasteiger partial charge in [0, 0.05) is 21.8 Å². The van der Waals surface area contributed by atoms with Crippen LogP contribution in [0.3, 0.4) is 0 Å². The maximum absolute atomic E-state index is 5.95. The van der Waals surface area contributed by atoms with Gasteiger partial charge in [-0.15, -0.1) is 0 Å². The predicted octanol–water partition coefficient (Wildman–Crippen LogP) is 4.01. The van der Waals surface area contributed by atoms with Crippen molar-refractivity contribution in [2.24, 2.45) is 0 Å². The highest BCUT2D eigenvalue weighted by Gasteiger charge is 2.11. The Morgan fingerprint density at radius 3 is 2.80 bits per heavy atom. The fourth-order valence-corrected chi connectivity index (χ4v) is 2.32. The van der Waals surface area contributed by atoms with Crippen LogP contribution in [0.5, 0.6) is 5.75 Å². The van der Waals surface area contributed by atoms with E-state index < -0.39 is 0 Å². The Morgan fingerprint density at radius 1 is 1.30 bits per heavy atom. The van der Waals surface area contributed by atoms with Gasteiger partial charge in [-0.2, -0.15) is 0 Å². The van der Waals surface area contributed by atoms with E-state index in [1.54, 1.807) is 0 Å². The first-order chi connectivity index (χ1) is 9.60. The van der Waals surface area contributed by atoms with Crippen LogP contribution in [-0.2, 0) is 6.61 Å². The van der Waals surface area contributed by atoms with Crippen LogP contribution >= 0.6 is 15.9 Å². The minimum absolute atomic E-state index is 0.239. The summed E-state index contributed by atoms with van der Waals surface area (Å²) in [5, 5.41) is 3.24. The van der Waals surface area contributed by atoms with E-state index >= 15 is 0 Å². The third-order valence-electron chi connectivity index (χ3n) is 3.20. The van der Waals surface area contributed by atoms with E-state index in [0.29, 0.717) is 6.61 Å². The van der Waals surface area contributed by atoms with Crippen LogP contribution in [0.4, 0.5) is 0 Å². The van der Waals surface area contributed by atoms with Crippen molar-refractivity contribution < 1.29 is 4.74 Å². The maximum Gasteiger partial charge on any atom is 0.130 e. The molecule has 0 spiro atoms. The summed E-state index contributed by atoms with van der Waals surface area (Å²) in [5.74, 6) is 0.879. The average molecular weight is 335 g/mol. The van der Waals surface area contributed by atoms with Crippen molar-refractivity contribution >= 4 is 15.9 Å². The first-order valence-electron chi connectivity index (χ1n) is 6.62. The Labute approximate surface area is 128 Å². The number of halogens is 1. The van der Waals surface area contributed by atoms with Gasteiger partial charge >= 0.3 is 0 Å². The van der Waals surface area contributed by atoms with Crippen LogP contribution in [-0.4, -0.2) is 12.0 Å². The summed E-state index contributed by atoms with van der Waals surface area (Å²) in [4.78, 5) is 4.45. The lowest BCUT2D eigenvalue weighted by atomic mass is 10.1. The number of nitrogens with one attached hydrogen (secondary N) is 1. The van der Waals surface area contributed by atoms with Crippen LogP contribution in [0.15, 0.2) is 40.9 Å². The van der Waals surface area contributed by atoms with Gasteiger partial charge in [0.15, 0.2) is 0 Å². The predicted molar refractivity (Wildman–Crippen MR) is 84.9 cm³/mol. The number of pyridine rings is 1. The van der Waals surface area contributed by atoms with E-state index in [1.165, 1.54) is 0 Å². The van der Waals surface area contributed by atoms with Gasteiger partial charge in [-0.1, -0.05) is 28.1 Å². The van der Waals surface area contributed by atoms with Crippen molar-refractivity contribution in [3.8, 4) is 5.75 Å². The second-order valence-corrected chi connectivity index (χ2v) is 5.67. The minimum Gasteiger partial charge on any atom is -0.487 e. The monoisotopic (exact) mass is 334 g/mol. The highest BCUT2D eigenvalue weighted by molar-refractivity contribution is 9.10. The standard InChI is InChI=1S/C16H19BrN2O/c1-11-5-4-6-14(19-11)10-20-16-9-13(17)7-8-15(16)12(2)18-3/h4-9,12,18H,10H2,1-3H3. The highest BCUT2D eigenvalue weighted by atomic mass is 79.9. The number of ether oxygens (including phenoxy) is 1. The number of aromatic nitrogens is 1. The molecular formula is C16H19BrN2O. The van der Waals surface area contributed by atoms with E-state index in [-0.39, 0.29) is 6.04 Å². The molecule has 0 aliphatic heterocycles. The number of nitrogens with zero attached hydrogens (tertiary/aromatic N) is 1. The van der Waals surface area contributed by atoms with Crippen LogP contribution in [0.2, 0.25) is 0 Å². The molecule has 3 nitrogen and oxygen atoms in total. The molecule has 0 fully saturated rings. The summed E-state index contributed by atoms with van der Waals surface area (Å²) in [6, 6.07) is 12.3. The molecule has 0 saturated carbocycles. The van der Waals surface area contributed by atoms with Gasteiger partial charge in [-0.05, 0) is 45.2 Å². The van der Waals surface area contributed by atoms with Gasteiger partial charge in [0.2, 0.25) is 0 Å². The number of aryl methyl sites for hydroxylation is 1. The normalized spacial score (nSPS) is 12.2. The zero-order valence-electron chi connectivity index (χ0n) is 12.0. The van der Waals surface area contributed by atoms with E-state index in [2.05, 4.69) is 39.2 Å².